The summed E-state index contributed by atoms with van der Waals surface area (Å²) in [5.41, 5.74) is 0. The highest BCUT2D eigenvalue weighted by Crippen LogP contribution is 2.34. The van der Waals surface area contributed by atoms with Gasteiger partial charge in [0.25, 0.3) is 0 Å². The van der Waals surface area contributed by atoms with Crippen molar-refractivity contribution in [2.75, 3.05) is 0 Å². The topological polar surface area (TPSA) is 0 Å². The van der Waals surface area contributed by atoms with Crippen LogP contribution in [0, 0.1) is 11.8 Å². The number of hydrogen-bond donors (Lipinski definition) is 2. The summed E-state index contributed by atoms with van der Waals surface area (Å²) in [6.07, 6.45) is 5.01. The normalized spacial score (nSPS) is 12.9. The van der Waals surface area contributed by atoms with E-state index < -0.39 is 0 Å². The van der Waals surface area contributed by atoms with E-state index in [0.29, 0.717) is 5.92 Å². The van der Waals surface area contributed by atoms with E-state index in [1.54, 1.807) is 0 Å². The Balaban J connectivity index is 3.52. The van der Waals surface area contributed by atoms with E-state index in [4.69, 9.17) is 0 Å². The molecule has 0 aromatic carbocycles. The predicted molar refractivity (Wildman–Crippen MR) is 68.8 cm³/mol. The number of unbranched alkanes of at least 4 members (excludes halogenated alkanes) is 1. The van der Waals surface area contributed by atoms with Gasteiger partial charge in [0.15, 0.2) is 0 Å². The van der Waals surface area contributed by atoms with Crippen molar-refractivity contribution < 1.29 is 0 Å². The molecule has 0 aromatic heterocycles. The van der Waals surface area contributed by atoms with Gasteiger partial charge in [0, 0.05) is 0 Å². The third kappa shape index (κ3) is 6.73. The third-order valence-corrected chi connectivity index (χ3v) is 3.98. The Bertz CT molecular complexity index is 128. The van der Waals surface area contributed by atoms with E-state index in [9.17, 15) is 0 Å². The fourth-order valence-corrected chi connectivity index (χ4v) is 1.54. The average Bonchev–Trinajstić information content (AvgIpc) is 1.97. The molecule has 0 aliphatic rings. The maximum absolute atomic E-state index is 4.57. The molecule has 0 radical (unpaired) electrons. The second-order valence-corrected chi connectivity index (χ2v) is 6.62. The molecule has 0 saturated carbocycles. The first kappa shape index (κ1) is 13.7. The summed E-state index contributed by atoms with van der Waals surface area (Å²) >= 11 is 9.14. The quantitative estimate of drug-likeness (QED) is 0.370. The zero-order valence-electron chi connectivity index (χ0n) is 9.38. The molecular weight excluding hydrogens is 196 g/mol. The molecule has 13 heavy (non-hydrogen) atoms. The molecule has 0 nitrogen and oxygen atoms in total. The van der Waals surface area contributed by atoms with Crippen LogP contribution in [0.2, 0.25) is 0 Å². The first-order valence-corrected chi connectivity index (χ1v) is 6.20. The number of thiol groups is 2. The van der Waals surface area contributed by atoms with Crippen molar-refractivity contribution in [1.29, 1.82) is 0 Å². The molecule has 0 rings (SSSR count). The van der Waals surface area contributed by atoms with Gasteiger partial charge in [-0.3, -0.25) is 0 Å². The van der Waals surface area contributed by atoms with Crippen LogP contribution >= 0.6 is 25.3 Å². The lowest BCUT2D eigenvalue weighted by atomic mass is 10.00. The standard InChI is InChI=1S/C11H24S2/c1-9(2)7-5-6-8-11(12,13)10(3)4/h9-10,12-13H,5-8H2,1-4H3. The lowest BCUT2D eigenvalue weighted by Gasteiger charge is -2.27. The van der Waals surface area contributed by atoms with Gasteiger partial charge in [0.1, 0.15) is 0 Å². The molecule has 0 saturated heterocycles. The Hall–Kier alpha value is 0.700. The molecule has 0 bridgehead atoms. The van der Waals surface area contributed by atoms with Gasteiger partial charge in [-0.25, -0.2) is 0 Å². The number of hydrogen-bond acceptors (Lipinski definition) is 2. The van der Waals surface area contributed by atoms with E-state index in [2.05, 4.69) is 53.0 Å². The van der Waals surface area contributed by atoms with Crippen LogP contribution in [0.15, 0.2) is 0 Å². The molecule has 0 aromatic rings. The lowest BCUT2D eigenvalue weighted by molar-refractivity contribution is 0.479. The summed E-state index contributed by atoms with van der Waals surface area (Å²) < 4.78 is -0.0724. The molecule has 0 heterocycles. The van der Waals surface area contributed by atoms with Crippen LogP contribution in [-0.2, 0) is 0 Å². The highest BCUT2D eigenvalue weighted by atomic mass is 32.2. The van der Waals surface area contributed by atoms with Crippen molar-refractivity contribution >= 4 is 25.3 Å². The third-order valence-electron chi connectivity index (χ3n) is 2.50. The minimum Gasteiger partial charge on any atom is -0.162 e. The first-order chi connectivity index (χ1) is 5.86. The number of rotatable bonds is 6. The van der Waals surface area contributed by atoms with Gasteiger partial charge in [-0.2, -0.15) is 25.3 Å². The van der Waals surface area contributed by atoms with Gasteiger partial charge >= 0.3 is 0 Å². The van der Waals surface area contributed by atoms with Crippen molar-refractivity contribution in [3.05, 3.63) is 0 Å². The van der Waals surface area contributed by atoms with Crippen molar-refractivity contribution in [3.63, 3.8) is 0 Å². The van der Waals surface area contributed by atoms with Crippen molar-refractivity contribution in [1.82, 2.24) is 0 Å². The molecule has 0 amide bonds. The summed E-state index contributed by atoms with van der Waals surface area (Å²) in [6, 6.07) is 0. The Morgan fingerprint density at radius 2 is 1.54 bits per heavy atom. The molecule has 0 atom stereocenters. The van der Waals surface area contributed by atoms with Gasteiger partial charge in [0.2, 0.25) is 0 Å². The minimum absolute atomic E-state index is 0.0724. The molecule has 0 aliphatic carbocycles. The summed E-state index contributed by atoms with van der Waals surface area (Å²) in [5, 5.41) is 0. The SMILES string of the molecule is CC(C)CCCCC(S)(S)C(C)C. The molecule has 0 fully saturated rings. The van der Waals surface area contributed by atoms with Gasteiger partial charge in [-0.15, -0.1) is 0 Å². The zero-order valence-corrected chi connectivity index (χ0v) is 11.2. The summed E-state index contributed by atoms with van der Waals surface area (Å²) in [5.74, 6) is 1.37. The molecule has 80 valence electrons. The van der Waals surface area contributed by atoms with Crippen molar-refractivity contribution in [3.8, 4) is 0 Å². The van der Waals surface area contributed by atoms with Crippen LogP contribution in [0.3, 0.4) is 0 Å². The molecule has 0 spiro atoms. The molecule has 0 aliphatic heterocycles. The smallest absolute Gasteiger partial charge is 0.0574 e. The van der Waals surface area contributed by atoms with Crippen LogP contribution < -0.4 is 0 Å². The van der Waals surface area contributed by atoms with Crippen LogP contribution in [0.4, 0.5) is 0 Å². The highest BCUT2D eigenvalue weighted by Gasteiger charge is 2.23. The molecule has 0 N–H and O–H groups in total. The average molecular weight is 220 g/mol. The Morgan fingerprint density at radius 1 is 1.00 bits per heavy atom. The lowest BCUT2D eigenvalue weighted by Crippen LogP contribution is -2.20. The summed E-state index contributed by atoms with van der Waals surface area (Å²) in [6.45, 7) is 8.92. The maximum Gasteiger partial charge on any atom is 0.0574 e. The maximum atomic E-state index is 4.57. The Morgan fingerprint density at radius 3 is 1.92 bits per heavy atom. The van der Waals surface area contributed by atoms with Crippen LogP contribution in [0.25, 0.3) is 0 Å². The second-order valence-electron chi connectivity index (χ2n) is 4.67. The highest BCUT2D eigenvalue weighted by molar-refractivity contribution is 8.00. The fourth-order valence-electron chi connectivity index (χ4n) is 1.23. The van der Waals surface area contributed by atoms with Crippen molar-refractivity contribution in [2.45, 2.75) is 57.5 Å². The molecular formula is C11H24S2. The van der Waals surface area contributed by atoms with E-state index >= 15 is 0 Å². The summed E-state index contributed by atoms with van der Waals surface area (Å²) in [4.78, 5) is 0. The molecule has 2 heteroatoms. The van der Waals surface area contributed by atoms with Crippen molar-refractivity contribution in [2.24, 2.45) is 11.8 Å². The Kier molecular flexibility index (Phi) is 6.57. The monoisotopic (exact) mass is 220 g/mol. The van der Waals surface area contributed by atoms with Gasteiger partial charge in [-0.05, 0) is 18.3 Å². The largest absolute Gasteiger partial charge is 0.162 e. The van der Waals surface area contributed by atoms with Gasteiger partial charge in [-0.1, -0.05) is 47.0 Å². The van der Waals surface area contributed by atoms with Crippen LogP contribution in [0.5, 0.6) is 0 Å². The van der Waals surface area contributed by atoms with E-state index in [1.807, 2.05) is 0 Å². The van der Waals surface area contributed by atoms with E-state index in [0.717, 1.165) is 12.3 Å². The molecule has 0 unspecified atom stereocenters. The van der Waals surface area contributed by atoms with Crippen LogP contribution in [-0.4, -0.2) is 4.08 Å². The predicted octanol–water partition coefficient (Wildman–Crippen LogP) is 4.41. The summed E-state index contributed by atoms with van der Waals surface area (Å²) in [7, 11) is 0. The second kappa shape index (κ2) is 6.23. The van der Waals surface area contributed by atoms with Crippen LogP contribution in [0.1, 0.15) is 53.4 Å². The van der Waals surface area contributed by atoms with E-state index in [1.165, 1.54) is 19.3 Å². The fraction of sp³-hybridized carbons (Fsp3) is 1.00. The first-order valence-electron chi connectivity index (χ1n) is 5.31. The van der Waals surface area contributed by atoms with Gasteiger partial charge in [0.05, 0.1) is 4.08 Å². The zero-order chi connectivity index (χ0) is 10.5. The Labute approximate surface area is 94.7 Å². The van der Waals surface area contributed by atoms with Gasteiger partial charge < -0.3 is 0 Å². The minimum atomic E-state index is -0.0724. The van der Waals surface area contributed by atoms with E-state index in [-0.39, 0.29) is 4.08 Å².